The van der Waals surface area contributed by atoms with Crippen LogP contribution < -0.4 is 10.6 Å². The van der Waals surface area contributed by atoms with Gasteiger partial charge in [-0.2, -0.15) is 0 Å². The van der Waals surface area contributed by atoms with Gasteiger partial charge in [-0.05, 0) is 31.9 Å². The summed E-state index contributed by atoms with van der Waals surface area (Å²) in [5, 5.41) is 14.4. The highest BCUT2D eigenvalue weighted by Crippen LogP contribution is 2.31. The number of alkyl carbamates (subject to hydrolysis) is 1. The van der Waals surface area contributed by atoms with Gasteiger partial charge in [0.05, 0.1) is 6.42 Å². The minimum atomic E-state index is -1.08. The Balaban J connectivity index is 1.95. The largest absolute Gasteiger partial charge is 0.481 e. The van der Waals surface area contributed by atoms with Gasteiger partial charge >= 0.3 is 12.1 Å². The molecule has 1 aliphatic rings. The highest BCUT2D eigenvalue weighted by molar-refractivity contribution is 8.76. The first-order valence-electron chi connectivity index (χ1n) is 9.44. The van der Waals surface area contributed by atoms with Crippen LogP contribution in [0.1, 0.15) is 38.3 Å². The quantitative estimate of drug-likeness (QED) is 0.400. The number of carbonyl (C=O) groups excluding carboxylic acids is 2. The SMILES string of the molecule is CC(C)(C)OC(=O)NC1(C(=O)NCCSSCCC(=O)O)Cc2ccccc2C1. The van der Waals surface area contributed by atoms with Crippen molar-refractivity contribution in [2.45, 2.75) is 51.2 Å². The van der Waals surface area contributed by atoms with E-state index in [0.717, 1.165) is 11.1 Å². The van der Waals surface area contributed by atoms with Gasteiger partial charge in [0.2, 0.25) is 5.91 Å². The Hall–Kier alpha value is -1.87. The van der Waals surface area contributed by atoms with Crippen molar-refractivity contribution in [2.24, 2.45) is 0 Å². The molecule has 3 N–H and O–H groups in total. The fourth-order valence-electron chi connectivity index (χ4n) is 3.04. The number of ether oxygens (including phenoxy) is 1. The third-order valence-corrected chi connectivity index (χ3v) is 6.64. The molecule has 0 atom stereocenters. The molecule has 0 aliphatic heterocycles. The van der Waals surface area contributed by atoms with E-state index in [2.05, 4.69) is 10.6 Å². The van der Waals surface area contributed by atoms with Crippen LogP contribution in [0.2, 0.25) is 0 Å². The average Bonchev–Trinajstić information content (AvgIpc) is 2.97. The zero-order valence-electron chi connectivity index (χ0n) is 16.9. The molecule has 0 bridgehead atoms. The highest BCUT2D eigenvalue weighted by Gasteiger charge is 2.45. The molecule has 0 fully saturated rings. The van der Waals surface area contributed by atoms with E-state index >= 15 is 0 Å². The number of fused-ring (bicyclic) bond motifs is 1. The van der Waals surface area contributed by atoms with Gasteiger partial charge in [0.1, 0.15) is 11.1 Å². The number of aliphatic carboxylic acids is 1. The minimum absolute atomic E-state index is 0.116. The van der Waals surface area contributed by atoms with E-state index in [1.165, 1.54) is 21.6 Å². The Morgan fingerprint density at radius 1 is 1.10 bits per heavy atom. The van der Waals surface area contributed by atoms with Gasteiger partial charge in [-0.15, -0.1) is 0 Å². The second-order valence-electron chi connectivity index (χ2n) is 7.87. The maximum Gasteiger partial charge on any atom is 0.408 e. The van der Waals surface area contributed by atoms with Gasteiger partial charge in [-0.1, -0.05) is 45.9 Å². The molecule has 29 heavy (non-hydrogen) atoms. The summed E-state index contributed by atoms with van der Waals surface area (Å²) in [6, 6.07) is 7.78. The van der Waals surface area contributed by atoms with Crippen LogP contribution in [0.5, 0.6) is 0 Å². The molecule has 0 aromatic heterocycles. The van der Waals surface area contributed by atoms with Gasteiger partial charge in [0.15, 0.2) is 0 Å². The third kappa shape index (κ3) is 7.47. The number of rotatable bonds is 9. The average molecular weight is 441 g/mol. The van der Waals surface area contributed by atoms with E-state index in [4.69, 9.17) is 9.84 Å². The summed E-state index contributed by atoms with van der Waals surface area (Å²) in [5.41, 5.74) is 0.346. The van der Waals surface area contributed by atoms with E-state index in [0.29, 0.717) is 30.9 Å². The lowest BCUT2D eigenvalue weighted by Crippen LogP contribution is -2.60. The summed E-state index contributed by atoms with van der Waals surface area (Å²) in [4.78, 5) is 36.0. The maximum absolute atomic E-state index is 13.0. The molecule has 2 rings (SSSR count). The van der Waals surface area contributed by atoms with Crippen molar-refractivity contribution >= 4 is 39.6 Å². The number of amides is 2. The molecule has 0 radical (unpaired) electrons. The number of benzene rings is 1. The van der Waals surface area contributed by atoms with Crippen LogP contribution in [-0.2, 0) is 27.2 Å². The molecule has 1 aliphatic carbocycles. The van der Waals surface area contributed by atoms with Crippen molar-refractivity contribution in [3.63, 3.8) is 0 Å². The van der Waals surface area contributed by atoms with Crippen LogP contribution in [0, 0.1) is 0 Å². The zero-order valence-corrected chi connectivity index (χ0v) is 18.6. The first-order valence-corrected chi connectivity index (χ1v) is 11.9. The number of hydrogen-bond acceptors (Lipinski definition) is 6. The van der Waals surface area contributed by atoms with E-state index in [1.807, 2.05) is 24.3 Å². The Labute approximate surface area is 179 Å². The molecular formula is C20H28N2O5S2. The summed E-state index contributed by atoms with van der Waals surface area (Å²) in [7, 11) is 2.98. The molecule has 160 valence electrons. The maximum atomic E-state index is 13.0. The van der Waals surface area contributed by atoms with E-state index in [-0.39, 0.29) is 12.3 Å². The molecule has 9 heteroatoms. The van der Waals surface area contributed by atoms with Gasteiger partial charge in [0.25, 0.3) is 0 Å². The first kappa shape index (κ1) is 23.4. The van der Waals surface area contributed by atoms with Crippen LogP contribution in [0.3, 0.4) is 0 Å². The van der Waals surface area contributed by atoms with Crippen molar-refractivity contribution in [1.82, 2.24) is 10.6 Å². The Bertz CT molecular complexity index is 724. The monoisotopic (exact) mass is 440 g/mol. The molecule has 1 aromatic carbocycles. The predicted octanol–water partition coefficient (Wildman–Crippen LogP) is 3.02. The summed E-state index contributed by atoms with van der Waals surface area (Å²) < 4.78 is 5.38. The highest BCUT2D eigenvalue weighted by atomic mass is 33.1. The smallest absolute Gasteiger partial charge is 0.408 e. The van der Waals surface area contributed by atoms with Gasteiger partial charge < -0.3 is 20.5 Å². The molecule has 2 amide bonds. The van der Waals surface area contributed by atoms with Gasteiger partial charge in [-0.3, -0.25) is 9.59 Å². The number of carboxylic acid groups (broad SMARTS) is 1. The van der Waals surface area contributed by atoms with Crippen molar-refractivity contribution in [3.8, 4) is 0 Å². The topological polar surface area (TPSA) is 105 Å². The second kappa shape index (κ2) is 10.2. The van der Waals surface area contributed by atoms with Crippen LogP contribution in [-0.4, -0.2) is 52.3 Å². The fraction of sp³-hybridized carbons (Fsp3) is 0.550. The van der Waals surface area contributed by atoms with Gasteiger partial charge in [-0.25, -0.2) is 4.79 Å². The van der Waals surface area contributed by atoms with Crippen LogP contribution in [0.15, 0.2) is 24.3 Å². The summed E-state index contributed by atoms with van der Waals surface area (Å²) in [6.07, 6.45) is 0.327. The van der Waals surface area contributed by atoms with E-state index < -0.39 is 23.2 Å². The van der Waals surface area contributed by atoms with Crippen molar-refractivity contribution in [3.05, 3.63) is 35.4 Å². The number of carbonyl (C=O) groups is 3. The second-order valence-corrected chi connectivity index (χ2v) is 10.6. The molecule has 7 nitrogen and oxygen atoms in total. The summed E-state index contributed by atoms with van der Waals surface area (Å²) >= 11 is 0. The molecular weight excluding hydrogens is 412 g/mol. The molecule has 0 saturated heterocycles. The molecule has 1 aromatic rings. The normalized spacial score (nSPS) is 14.7. The lowest BCUT2D eigenvalue weighted by Gasteiger charge is -2.30. The number of hydrogen-bond donors (Lipinski definition) is 3. The Morgan fingerprint density at radius 2 is 1.69 bits per heavy atom. The third-order valence-electron chi connectivity index (χ3n) is 4.23. The van der Waals surface area contributed by atoms with Crippen LogP contribution in [0.4, 0.5) is 4.79 Å². The minimum Gasteiger partial charge on any atom is -0.481 e. The van der Waals surface area contributed by atoms with E-state index in [1.54, 1.807) is 20.8 Å². The number of carboxylic acids is 1. The predicted molar refractivity (Wildman–Crippen MR) is 116 cm³/mol. The van der Waals surface area contributed by atoms with Crippen molar-refractivity contribution < 1.29 is 24.2 Å². The van der Waals surface area contributed by atoms with Crippen molar-refractivity contribution in [1.29, 1.82) is 0 Å². The molecule has 0 heterocycles. The van der Waals surface area contributed by atoms with E-state index in [9.17, 15) is 14.4 Å². The van der Waals surface area contributed by atoms with Crippen molar-refractivity contribution in [2.75, 3.05) is 18.1 Å². The van der Waals surface area contributed by atoms with Gasteiger partial charge in [0, 0.05) is 30.9 Å². The standard InChI is InChI=1S/C20H28N2O5S2/c1-19(2,3)27-18(26)22-20(12-14-6-4-5-7-15(14)13-20)17(25)21-9-11-29-28-10-8-16(23)24/h4-7H,8-13H2,1-3H3,(H,21,25)(H,22,26)(H,23,24). The molecule has 0 spiro atoms. The lowest BCUT2D eigenvalue weighted by molar-refractivity contribution is -0.136. The van der Waals surface area contributed by atoms with Crippen LogP contribution in [0.25, 0.3) is 0 Å². The number of nitrogens with one attached hydrogen (secondary N) is 2. The zero-order chi connectivity index (χ0) is 21.5. The van der Waals surface area contributed by atoms with Crippen LogP contribution >= 0.6 is 21.6 Å². The summed E-state index contributed by atoms with van der Waals surface area (Å²) in [6.45, 7) is 5.77. The molecule has 0 saturated carbocycles. The molecule has 0 unspecified atom stereocenters. The Morgan fingerprint density at radius 3 is 2.24 bits per heavy atom. The fourth-order valence-corrected chi connectivity index (χ4v) is 4.93. The lowest BCUT2D eigenvalue weighted by atomic mass is 9.94. The first-order chi connectivity index (χ1) is 13.6. The summed E-state index contributed by atoms with van der Waals surface area (Å²) in [5.74, 6) is 0.108. The Kier molecular flexibility index (Phi) is 8.27.